The van der Waals surface area contributed by atoms with Crippen LogP contribution in [0.1, 0.15) is 34.8 Å². The van der Waals surface area contributed by atoms with E-state index < -0.39 is 0 Å². The van der Waals surface area contributed by atoms with Crippen LogP contribution in [0.15, 0.2) is 12.1 Å². The van der Waals surface area contributed by atoms with Crippen molar-refractivity contribution < 1.29 is 14.6 Å². The summed E-state index contributed by atoms with van der Waals surface area (Å²) in [6, 6.07) is 3.53. The van der Waals surface area contributed by atoms with Crippen LogP contribution in [0.4, 0.5) is 0 Å². The number of carbonyl (C=O) groups excluding carboxylic acids is 1. The van der Waals surface area contributed by atoms with Crippen LogP contribution in [-0.2, 0) is 4.74 Å². The Labute approximate surface area is 124 Å². The van der Waals surface area contributed by atoms with E-state index in [0.29, 0.717) is 23.9 Å². The minimum atomic E-state index is -0.171. The van der Waals surface area contributed by atoms with E-state index in [1.165, 1.54) is 11.3 Å². The lowest BCUT2D eigenvalue weighted by Gasteiger charge is -2.07. The number of carbonyl (C=O) groups is 1. The normalized spacial score (nSPS) is 10.2. The number of rotatable bonds is 7. The molecule has 1 aromatic rings. The summed E-state index contributed by atoms with van der Waals surface area (Å²) < 4.78 is 5.44. The fourth-order valence-corrected chi connectivity index (χ4v) is 2.23. The van der Waals surface area contributed by atoms with Crippen molar-refractivity contribution in [2.75, 3.05) is 26.4 Å². The zero-order valence-electron chi connectivity index (χ0n) is 11.9. The molecule has 0 fully saturated rings. The first-order chi connectivity index (χ1) is 9.63. The van der Waals surface area contributed by atoms with E-state index in [1.54, 1.807) is 12.1 Å². The number of amides is 1. The quantitative estimate of drug-likeness (QED) is 0.596. The molecule has 1 heterocycles. The molecule has 0 aliphatic rings. The topological polar surface area (TPSA) is 58.6 Å². The van der Waals surface area contributed by atoms with Crippen LogP contribution in [0.3, 0.4) is 0 Å². The monoisotopic (exact) mass is 295 g/mol. The average Bonchev–Trinajstić information content (AvgIpc) is 2.88. The first kappa shape index (κ1) is 16.7. The summed E-state index contributed by atoms with van der Waals surface area (Å²) in [4.78, 5) is 13.3. The van der Waals surface area contributed by atoms with Gasteiger partial charge in [0.2, 0.25) is 0 Å². The summed E-state index contributed by atoms with van der Waals surface area (Å²) in [6.45, 7) is 6.07. The SMILES string of the molecule is CC(C)COCCCNC(=O)c1ccc(C#CCO)s1. The van der Waals surface area contributed by atoms with Crippen LogP contribution in [0.2, 0.25) is 0 Å². The smallest absolute Gasteiger partial charge is 0.261 e. The van der Waals surface area contributed by atoms with Crippen molar-refractivity contribution in [3.8, 4) is 11.8 Å². The molecule has 0 unspecified atom stereocenters. The Morgan fingerprint density at radius 3 is 3.00 bits per heavy atom. The van der Waals surface area contributed by atoms with E-state index >= 15 is 0 Å². The van der Waals surface area contributed by atoms with Crippen LogP contribution >= 0.6 is 11.3 Å². The Morgan fingerprint density at radius 2 is 2.30 bits per heavy atom. The molecule has 5 heteroatoms. The van der Waals surface area contributed by atoms with Gasteiger partial charge in [-0.3, -0.25) is 4.79 Å². The maximum absolute atomic E-state index is 11.8. The molecule has 4 nitrogen and oxygen atoms in total. The molecule has 0 saturated carbocycles. The average molecular weight is 295 g/mol. The second-order valence-corrected chi connectivity index (χ2v) is 5.79. The van der Waals surface area contributed by atoms with E-state index in [0.717, 1.165) is 17.9 Å². The van der Waals surface area contributed by atoms with Gasteiger partial charge in [0.15, 0.2) is 0 Å². The Hall–Kier alpha value is -1.35. The summed E-state index contributed by atoms with van der Waals surface area (Å²) in [5, 5.41) is 11.5. The van der Waals surface area contributed by atoms with Crippen LogP contribution in [-0.4, -0.2) is 37.4 Å². The zero-order valence-corrected chi connectivity index (χ0v) is 12.8. The molecule has 2 N–H and O–H groups in total. The highest BCUT2D eigenvalue weighted by atomic mass is 32.1. The minimum Gasteiger partial charge on any atom is -0.384 e. The van der Waals surface area contributed by atoms with E-state index in [9.17, 15) is 4.79 Å². The van der Waals surface area contributed by atoms with Gasteiger partial charge in [0.05, 0.1) is 9.75 Å². The van der Waals surface area contributed by atoms with Gasteiger partial charge in [-0.25, -0.2) is 0 Å². The maximum atomic E-state index is 11.8. The summed E-state index contributed by atoms with van der Waals surface area (Å²) in [6.07, 6.45) is 0.807. The van der Waals surface area contributed by atoms with E-state index in [2.05, 4.69) is 31.0 Å². The van der Waals surface area contributed by atoms with Gasteiger partial charge in [0.25, 0.3) is 5.91 Å². The Morgan fingerprint density at radius 1 is 1.50 bits per heavy atom. The molecule has 0 atom stereocenters. The largest absolute Gasteiger partial charge is 0.384 e. The lowest BCUT2D eigenvalue weighted by Crippen LogP contribution is -2.24. The van der Waals surface area contributed by atoms with Crippen molar-refractivity contribution in [3.63, 3.8) is 0 Å². The minimum absolute atomic E-state index is 0.0871. The van der Waals surface area contributed by atoms with Gasteiger partial charge in [-0.05, 0) is 24.5 Å². The molecule has 1 aromatic heterocycles. The van der Waals surface area contributed by atoms with Crippen molar-refractivity contribution >= 4 is 17.2 Å². The number of hydrogen-bond donors (Lipinski definition) is 2. The fraction of sp³-hybridized carbons (Fsp3) is 0.533. The van der Waals surface area contributed by atoms with Gasteiger partial charge in [0, 0.05) is 19.8 Å². The Kier molecular flexibility index (Phi) is 7.97. The lowest BCUT2D eigenvalue weighted by molar-refractivity contribution is 0.0928. The number of ether oxygens (including phenoxy) is 1. The molecule has 110 valence electrons. The van der Waals surface area contributed by atoms with Crippen molar-refractivity contribution in [2.45, 2.75) is 20.3 Å². The van der Waals surface area contributed by atoms with Crippen LogP contribution in [0, 0.1) is 17.8 Å². The molecule has 1 rings (SSSR count). The van der Waals surface area contributed by atoms with E-state index in [-0.39, 0.29) is 12.5 Å². The highest BCUT2D eigenvalue weighted by Crippen LogP contribution is 2.15. The molecule has 1 amide bonds. The van der Waals surface area contributed by atoms with Gasteiger partial charge < -0.3 is 15.2 Å². The third-order valence-electron chi connectivity index (χ3n) is 2.32. The number of aliphatic hydroxyl groups is 1. The molecule has 0 aromatic carbocycles. The molecule has 0 radical (unpaired) electrons. The predicted molar refractivity (Wildman–Crippen MR) is 80.9 cm³/mol. The molecule has 0 saturated heterocycles. The molecular formula is C15H21NO3S. The van der Waals surface area contributed by atoms with Crippen molar-refractivity contribution in [1.29, 1.82) is 0 Å². The predicted octanol–water partition coefficient (Wildman–Crippen LogP) is 1.88. The third kappa shape index (κ3) is 6.71. The van der Waals surface area contributed by atoms with Crippen LogP contribution in [0.25, 0.3) is 0 Å². The second-order valence-electron chi connectivity index (χ2n) is 4.70. The van der Waals surface area contributed by atoms with Crippen LogP contribution < -0.4 is 5.32 Å². The molecule has 0 spiro atoms. The summed E-state index contributed by atoms with van der Waals surface area (Å²) >= 11 is 1.33. The Balaban J connectivity index is 2.24. The maximum Gasteiger partial charge on any atom is 0.261 e. The molecule has 0 bridgehead atoms. The first-order valence-corrected chi connectivity index (χ1v) is 7.50. The van der Waals surface area contributed by atoms with Crippen molar-refractivity contribution in [2.24, 2.45) is 5.92 Å². The highest BCUT2D eigenvalue weighted by Gasteiger charge is 2.07. The zero-order chi connectivity index (χ0) is 14.8. The van der Waals surface area contributed by atoms with Gasteiger partial charge >= 0.3 is 0 Å². The summed E-state index contributed by atoms with van der Waals surface area (Å²) in [7, 11) is 0. The summed E-state index contributed by atoms with van der Waals surface area (Å²) in [5.74, 6) is 5.79. The number of aliphatic hydroxyl groups excluding tert-OH is 1. The molecule has 0 aliphatic carbocycles. The number of thiophene rings is 1. The molecule has 0 aliphatic heterocycles. The third-order valence-corrected chi connectivity index (χ3v) is 3.32. The Bertz CT molecular complexity index is 471. The number of hydrogen-bond acceptors (Lipinski definition) is 4. The lowest BCUT2D eigenvalue weighted by atomic mass is 10.2. The number of nitrogens with one attached hydrogen (secondary N) is 1. The first-order valence-electron chi connectivity index (χ1n) is 6.69. The second kappa shape index (κ2) is 9.54. The van der Waals surface area contributed by atoms with Gasteiger partial charge in [0.1, 0.15) is 6.61 Å². The summed E-state index contributed by atoms with van der Waals surface area (Å²) in [5.41, 5.74) is 0. The van der Waals surface area contributed by atoms with Gasteiger partial charge in [-0.15, -0.1) is 11.3 Å². The van der Waals surface area contributed by atoms with E-state index in [1.807, 2.05) is 0 Å². The van der Waals surface area contributed by atoms with Crippen molar-refractivity contribution in [3.05, 3.63) is 21.9 Å². The van der Waals surface area contributed by atoms with Crippen molar-refractivity contribution in [1.82, 2.24) is 5.32 Å². The van der Waals surface area contributed by atoms with Crippen LogP contribution in [0.5, 0.6) is 0 Å². The highest BCUT2D eigenvalue weighted by molar-refractivity contribution is 7.14. The van der Waals surface area contributed by atoms with Gasteiger partial charge in [-0.1, -0.05) is 25.7 Å². The van der Waals surface area contributed by atoms with E-state index in [4.69, 9.17) is 9.84 Å². The van der Waals surface area contributed by atoms with Gasteiger partial charge in [-0.2, -0.15) is 0 Å². The molecular weight excluding hydrogens is 274 g/mol. The molecule has 20 heavy (non-hydrogen) atoms. The fourth-order valence-electron chi connectivity index (χ4n) is 1.44. The standard InChI is InChI=1S/C15H21NO3S/c1-12(2)11-19-10-4-8-16-15(18)14-7-6-13(20-14)5-3-9-17/h6-7,12,17H,4,8-11H2,1-2H3,(H,16,18).